The summed E-state index contributed by atoms with van der Waals surface area (Å²) in [5.74, 6) is 0.00892. The number of anilines is 1. The van der Waals surface area contributed by atoms with Crippen LogP contribution in [0.5, 0.6) is 0 Å². The van der Waals surface area contributed by atoms with Crippen molar-refractivity contribution in [2.45, 2.75) is 20.3 Å². The Morgan fingerprint density at radius 2 is 2.17 bits per heavy atom. The third-order valence-corrected chi connectivity index (χ3v) is 2.98. The zero-order valence-corrected chi connectivity index (χ0v) is 10.7. The van der Waals surface area contributed by atoms with Gasteiger partial charge >= 0.3 is 0 Å². The second-order valence-corrected chi connectivity index (χ2v) is 4.17. The standard InChI is InChI=1S/C14H17N3O/c1-3-12-13(6-9-16-14(12)18)10(2)17-11-4-7-15-8-5-11/h3-5,7-8H,6,9H2,1-2H3,(H,15,17)(H,16,18)/b12-3+,13-10+. The third kappa shape index (κ3) is 2.59. The number of hydrogen-bond donors (Lipinski definition) is 2. The zero-order chi connectivity index (χ0) is 13.0. The predicted octanol–water partition coefficient (Wildman–Crippen LogP) is 2.23. The number of hydrogen-bond acceptors (Lipinski definition) is 3. The number of rotatable bonds is 2. The minimum Gasteiger partial charge on any atom is -0.359 e. The van der Waals surface area contributed by atoms with Crippen LogP contribution < -0.4 is 10.6 Å². The highest BCUT2D eigenvalue weighted by Crippen LogP contribution is 2.23. The molecule has 1 aromatic rings. The van der Waals surface area contributed by atoms with E-state index in [4.69, 9.17) is 0 Å². The van der Waals surface area contributed by atoms with E-state index in [2.05, 4.69) is 15.6 Å². The molecule has 1 aromatic heterocycles. The van der Waals surface area contributed by atoms with Crippen LogP contribution in [0, 0.1) is 0 Å². The smallest absolute Gasteiger partial charge is 0.251 e. The van der Waals surface area contributed by atoms with Crippen molar-refractivity contribution < 1.29 is 4.79 Å². The van der Waals surface area contributed by atoms with Gasteiger partial charge in [0.25, 0.3) is 5.91 Å². The molecule has 2 rings (SSSR count). The lowest BCUT2D eigenvalue weighted by Crippen LogP contribution is -2.33. The molecule has 0 atom stereocenters. The Balaban J connectivity index is 2.26. The van der Waals surface area contributed by atoms with Crippen LogP contribution in [0.4, 0.5) is 5.69 Å². The van der Waals surface area contributed by atoms with Gasteiger partial charge in [-0.2, -0.15) is 0 Å². The highest BCUT2D eigenvalue weighted by Gasteiger charge is 2.20. The van der Waals surface area contributed by atoms with E-state index >= 15 is 0 Å². The third-order valence-electron chi connectivity index (χ3n) is 2.98. The Kier molecular flexibility index (Phi) is 3.77. The molecule has 0 aromatic carbocycles. The second-order valence-electron chi connectivity index (χ2n) is 4.17. The van der Waals surface area contributed by atoms with Gasteiger partial charge in [0, 0.05) is 35.9 Å². The van der Waals surface area contributed by atoms with Crippen molar-refractivity contribution in [1.82, 2.24) is 10.3 Å². The maximum Gasteiger partial charge on any atom is 0.251 e. The van der Waals surface area contributed by atoms with Crippen molar-refractivity contribution in [3.05, 3.63) is 47.4 Å². The molecule has 0 saturated carbocycles. The van der Waals surface area contributed by atoms with E-state index in [1.165, 1.54) is 0 Å². The van der Waals surface area contributed by atoms with E-state index in [0.29, 0.717) is 6.54 Å². The maximum atomic E-state index is 11.7. The van der Waals surface area contributed by atoms with Gasteiger partial charge in [0.15, 0.2) is 0 Å². The molecule has 0 radical (unpaired) electrons. The van der Waals surface area contributed by atoms with Crippen LogP contribution in [0.2, 0.25) is 0 Å². The minimum atomic E-state index is 0.00892. The number of aromatic nitrogens is 1. The quantitative estimate of drug-likeness (QED) is 0.783. The summed E-state index contributed by atoms with van der Waals surface area (Å²) >= 11 is 0. The lowest BCUT2D eigenvalue weighted by molar-refractivity contribution is -0.117. The molecular weight excluding hydrogens is 226 g/mol. The van der Waals surface area contributed by atoms with Gasteiger partial charge in [0.1, 0.15) is 0 Å². The Hall–Kier alpha value is -2.10. The summed E-state index contributed by atoms with van der Waals surface area (Å²) in [6.45, 7) is 4.58. The van der Waals surface area contributed by atoms with Crippen molar-refractivity contribution >= 4 is 11.6 Å². The van der Waals surface area contributed by atoms with Crippen LogP contribution in [0.25, 0.3) is 0 Å². The highest BCUT2D eigenvalue weighted by molar-refractivity contribution is 5.99. The minimum absolute atomic E-state index is 0.00892. The number of amides is 1. The van der Waals surface area contributed by atoms with Crippen LogP contribution in [0.15, 0.2) is 47.4 Å². The fraction of sp³-hybridized carbons (Fsp3) is 0.286. The Bertz CT molecular complexity index is 503. The molecule has 2 N–H and O–H groups in total. The molecule has 1 saturated heterocycles. The average Bonchev–Trinajstić information content (AvgIpc) is 2.39. The Morgan fingerprint density at radius 3 is 2.83 bits per heavy atom. The molecule has 94 valence electrons. The van der Waals surface area contributed by atoms with Crippen molar-refractivity contribution in [3.63, 3.8) is 0 Å². The summed E-state index contributed by atoms with van der Waals surface area (Å²) in [4.78, 5) is 15.7. The average molecular weight is 243 g/mol. The van der Waals surface area contributed by atoms with Gasteiger partial charge in [-0.1, -0.05) is 6.08 Å². The largest absolute Gasteiger partial charge is 0.359 e. The number of pyridine rings is 1. The Morgan fingerprint density at radius 1 is 1.44 bits per heavy atom. The van der Waals surface area contributed by atoms with E-state index in [1.54, 1.807) is 12.4 Å². The lowest BCUT2D eigenvalue weighted by atomic mass is 9.96. The highest BCUT2D eigenvalue weighted by atomic mass is 16.1. The van der Waals surface area contributed by atoms with Crippen LogP contribution in [-0.4, -0.2) is 17.4 Å². The number of allylic oxidation sites excluding steroid dienone is 2. The summed E-state index contributed by atoms with van der Waals surface area (Å²) in [5, 5.41) is 6.17. The molecule has 0 unspecified atom stereocenters. The van der Waals surface area contributed by atoms with Crippen LogP contribution in [-0.2, 0) is 4.79 Å². The van der Waals surface area contributed by atoms with E-state index < -0.39 is 0 Å². The second kappa shape index (κ2) is 5.49. The molecule has 18 heavy (non-hydrogen) atoms. The first-order valence-corrected chi connectivity index (χ1v) is 6.04. The number of carbonyl (C=O) groups excluding carboxylic acids is 1. The van der Waals surface area contributed by atoms with Crippen molar-refractivity contribution in [2.24, 2.45) is 0 Å². The van der Waals surface area contributed by atoms with Gasteiger partial charge in [-0.15, -0.1) is 0 Å². The van der Waals surface area contributed by atoms with Crippen molar-refractivity contribution in [2.75, 3.05) is 11.9 Å². The maximum absolute atomic E-state index is 11.7. The summed E-state index contributed by atoms with van der Waals surface area (Å²) in [6.07, 6.45) is 6.20. The molecule has 0 spiro atoms. The summed E-state index contributed by atoms with van der Waals surface area (Å²) < 4.78 is 0. The lowest BCUT2D eigenvalue weighted by Gasteiger charge is -2.21. The van der Waals surface area contributed by atoms with Crippen molar-refractivity contribution in [3.8, 4) is 0 Å². The van der Waals surface area contributed by atoms with Gasteiger partial charge < -0.3 is 10.6 Å². The normalized spacial score (nSPS) is 20.6. The summed E-state index contributed by atoms with van der Waals surface area (Å²) in [6, 6.07) is 3.81. The van der Waals surface area contributed by atoms with Crippen LogP contribution in [0.3, 0.4) is 0 Å². The topological polar surface area (TPSA) is 54.0 Å². The number of carbonyl (C=O) groups is 1. The van der Waals surface area contributed by atoms with E-state index in [0.717, 1.165) is 29.0 Å². The van der Waals surface area contributed by atoms with Gasteiger partial charge in [0.05, 0.1) is 0 Å². The van der Waals surface area contributed by atoms with E-state index in [1.807, 2.05) is 32.1 Å². The molecule has 0 bridgehead atoms. The number of piperidine rings is 1. The van der Waals surface area contributed by atoms with Gasteiger partial charge in [0.2, 0.25) is 0 Å². The van der Waals surface area contributed by atoms with E-state index in [9.17, 15) is 4.79 Å². The van der Waals surface area contributed by atoms with Crippen LogP contribution in [0.1, 0.15) is 20.3 Å². The summed E-state index contributed by atoms with van der Waals surface area (Å²) in [7, 11) is 0. The molecule has 1 fully saturated rings. The molecule has 2 heterocycles. The fourth-order valence-electron chi connectivity index (χ4n) is 2.09. The van der Waals surface area contributed by atoms with Crippen molar-refractivity contribution in [1.29, 1.82) is 0 Å². The SMILES string of the molecule is C/C=C1/C(=O)NCC/C1=C(/C)Nc1ccncc1. The van der Waals surface area contributed by atoms with Crippen LogP contribution >= 0.6 is 0 Å². The first-order valence-electron chi connectivity index (χ1n) is 6.04. The van der Waals surface area contributed by atoms with E-state index in [-0.39, 0.29) is 5.91 Å². The fourth-order valence-corrected chi connectivity index (χ4v) is 2.09. The first-order chi connectivity index (χ1) is 8.72. The molecule has 1 aliphatic heterocycles. The number of nitrogens with zero attached hydrogens (tertiary/aromatic N) is 1. The molecule has 1 aliphatic rings. The molecule has 4 nitrogen and oxygen atoms in total. The molecular formula is C14H17N3O. The first kappa shape index (κ1) is 12.4. The predicted molar refractivity (Wildman–Crippen MR) is 71.9 cm³/mol. The molecule has 1 amide bonds. The van der Waals surface area contributed by atoms with Gasteiger partial charge in [-0.25, -0.2) is 0 Å². The number of nitrogens with one attached hydrogen (secondary N) is 2. The molecule has 0 aliphatic carbocycles. The van der Waals surface area contributed by atoms with Gasteiger partial charge in [-0.3, -0.25) is 9.78 Å². The monoisotopic (exact) mass is 243 g/mol. The zero-order valence-electron chi connectivity index (χ0n) is 10.7. The summed E-state index contributed by atoms with van der Waals surface area (Å²) in [5.41, 5.74) is 3.85. The Labute approximate surface area is 107 Å². The van der Waals surface area contributed by atoms with Gasteiger partial charge in [-0.05, 0) is 38.0 Å². The molecule has 4 heteroatoms.